The summed E-state index contributed by atoms with van der Waals surface area (Å²) in [7, 11) is -2.45. The van der Waals surface area contributed by atoms with Crippen molar-refractivity contribution in [3.05, 3.63) is 59.7 Å². The fourth-order valence-corrected chi connectivity index (χ4v) is 4.74. The molecule has 1 aliphatic rings. The van der Waals surface area contributed by atoms with Gasteiger partial charge in [-0.2, -0.15) is 0 Å². The number of carbonyl (C=O) groups excluding carboxylic acids is 3. The van der Waals surface area contributed by atoms with E-state index in [9.17, 15) is 22.8 Å². The molecule has 0 radical (unpaired) electrons. The summed E-state index contributed by atoms with van der Waals surface area (Å²) in [6, 6.07) is 12.0. The summed E-state index contributed by atoms with van der Waals surface area (Å²) in [4.78, 5) is 35.3. The fourth-order valence-electron chi connectivity index (χ4n) is 3.20. The van der Waals surface area contributed by atoms with E-state index in [-0.39, 0.29) is 10.5 Å². The van der Waals surface area contributed by atoms with Gasteiger partial charge in [0.1, 0.15) is 0 Å². The lowest BCUT2D eigenvalue weighted by atomic mass is 10.0. The molecule has 3 amide bonds. The largest absolute Gasteiger partial charge is 0.449 e. The number of fused-ring (bicyclic) bond motifs is 1. The smallest absolute Gasteiger partial charge is 0.338 e. The van der Waals surface area contributed by atoms with E-state index in [0.717, 1.165) is 18.4 Å². The SMILES string of the molecule is CNC(=O)NC(=O)C(C)OC(=O)c1ccc(S(=O)(=O)N2CCCc3ccccc32)cc1. The van der Waals surface area contributed by atoms with Gasteiger partial charge in [-0.25, -0.2) is 18.0 Å². The molecular formula is C21H23N3O6S. The molecule has 31 heavy (non-hydrogen) atoms. The van der Waals surface area contributed by atoms with E-state index in [0.29, 0.717) is 12.2 Å². The molecule has 0 bridgehead atoms. The Kier molecular flexibility index (Phi) is 6.59. The van der Waals surface area contributed by atoms with E-state index in [1.54, 1.807) is 12.1 Å². The number of benzene rings is 2. The summed E-state index contributed by atoms with van der Waals surface area (Å²) in [5, 5.41) is 4.23. The number of hydrogen-bond acceptors (Lipinski definition) is 6. The number of para-hydroxylation sites is 1. The Bertz CT molecular complexity index is 1100. The summed E-state index contributed by atoms with van der Waals surface area (Å²) in [5.74, 6) is -1.59. The van der Waals surface area contributed by atoms with Crippen LogP contribution in [0.15, 0.2) is 53.4 Å². The van der Waals surface area contributed by atoms with Crippen LogP contribution in [0.4, 0.5) is 10.5 Å². The van der Waals surface area contributed by atoms with Crippen molar-refractivity contribution in [1.29, 1.82) is 0 Å². The molecule has 164 valence electrons. The van der Waals surface area contributed by atoms with E-state index in [2.05, 4.69) is 5.32 Å². The molecule has 1 unspecified atom stereocenters. The Labute approximate surface area is 180 Å². The number of aryl methyl sites for hydroxylation is 1. The van der Waals surface area contributed by atoms with Gasteiger partial charge >= 0.3 is 12.0 Å². The fraction of sp³-hybridized carbons (Fsp3) is 0.286. The van der Waals surface area contributed by atoms with Gasteiger partial charge in [0.05, 0.1) is 16.1 Å². The monoisotopic (exact) mass is 445 g/mol. The second kappa shape index (κ2) is 9.17. The van der Waals surface area contributed by atoms with Crippen molar-refractivity contribution in [3.8, 4) is 0 Å². The van der Waals surface area contributed by atoms with Crippen LogP contribution >= 0.6 is 0 Å². The van der Waals surface area contributed by atoms with Crippen molar-refractivity contribution < 1.29 is 27.5 Å². The van der Waals surface area contributed by atoms with Gasteiger partial charge in [-0.15, -0.1) is 0 Å². The lowest BCUT2D eigenvalue weighted by molar-refractivity contribution is -0.127. The maximum absolute atomic E-state index is 13.1. The summed E-state index contributed by atoms with van der Waals surface area (Å²) in [5.41, 5.74) is 1.72. The molecule has 2 aromatic rings. The van der Waals surface area contributed by atoms with Gasteiger partial charge in [-0.05, 0) is 55.7 Å². The summed E-state index contributed by atoms with van der Waals surface area (Å²) in [6.07, 6.45) is 0.327. The molecule has 3 rings (SSSR count). The predicted octanol–water partition coefficient (Wildman–Crippen LogP) is 1.83. The second-order valence-electron chi connectivity index (χ2n) is 6.95. The molecule has 0 spiro atoms. The van der Waals surface area contributed by atoms with Gasteiger partial charge < -0.3 is 10.1 Å². The van der Waals surface area contributed by atoms with Crippen molar-refractivity contribution in [2.24, 2.45) is 0 Å². The number of amides is 3. The summed E-state index contributed by atoms with van der Waals surface area (Å²) in [6.45, 7) is 1.70. The molecule has 1 heterocycles. The number of nitrogens with zero attached hydrogens (tertiary/aromatic N) is 1. The number of esters is 1. The number of sulfonamides is 1. The molecule has 1 atom stereocenters. The Morgan fingerprint density at radius 3 is 2.42 bits per heavy atom. The van der Waals surface area contributed by atoms with Crippen LogP contribution < -0.4 is 14.9 Å². The van der Waals surface area contributed by atoms with E-state index in [1.807, 2.05) is 17.4 Å². The highest BCUT2D eigenvalue weighted by atomic mass is 32.2. The first-order valence-electron chi connectivity index (χ1n) is 9.68. The quantitative estimate of drug-likeness (QED) is 0.677. The summed E-state index contributed by atoms with van der Waals surface area (Å²) >= 11 is 0. The van der Waals surface area contributed by atoms with Crippen LogP contribution in [-0.2, 0) is 26.0 Å². The highest BCUT2D eigenvalue weighted by Gasteiger charge is 2.29. The highest BCUT2D eigenvalue weighted by Crippen LogP contribution is 2.31. The zero-order chi connectivity index (χ0) is 22.6. The Morgan fingerprint density at radius 2 is 1.74 bits per heavy atom. The zero-order valence-electron chi connectivity index (χ0n) is 17.1. The van der Waals surface area contributed by atoms with Crippen LogP contribution in [0, 0.1) is 0 Å². The van der Waals surface area contributed by atoms with E-state index in [1.165, 1.54) is 42.5 Å². The molecule has 0 fully saturated rings. The maximum Gasteiger partial charge on any atom is 0.338 e. The molecular weight excluding hydrogens is 422 g/mol. The van der Waals surface area contributed by atoms with Crippen LogP contribution in [-0.4, -0.2) is 46.0 Å². The molecule has 0 saturated carbocycles. The van der Waals surface area contributed by atoms with Gasteiger partial charge in [0.2, 0.25) is 0 Å². The number of urea groups is 1. The van der Waals surface area contributed by atoms with Crippen molar-refractivity contribution >= 4 is 33.6 Å². The van der Waals surface area contributed by atoms with Crippen LogP contribution in [0.2, 0.25) is 0 Å². The molecule has 2 aromatic carbocycles. The van der Waals surface area contributed by atoms with Gasteiger partial charge in [0, 0.05) is 13.6 Å². The molecule has 0 saturated heterocycles. The minimum absolute atomic E-state index is 0.0474. The van der Waals surface area contributed by atoms with Crippen LogP contribution in [0.3, 0.4) is 0 Å². The van der Waals surface area contributed by atoms with Gasteiger partial charge in [0.25, 0.3) is 15.9 Å². The molecule has 9 nitrogen and oxygen atoms in total. The van der Waals surface area contributed by atoms with E-state index < -0.39 is 34.0 Å². The number of ether oxygens (including phenoxy) is 1. The Morgan fingerprint density at radius 1 is 1.06 bits per heavy atom. The maximum atomic E-state index is 13.1. The number of hydrogen-bond donors (Lipinski definition) is 2. The lowest BCUT2D eigenvalue weighted by Crippen LogP contribution is -2.43. The first kappa shape index (κ1) is 22.3. The first-order valence-corrected chi connectivity index (χ1v) is 11.1. The van der Waals surface area contributed by atoms with Crippen molar-refractivity contribution in [2.45, 2.75) is 30.8 Å². The van der Waals surface area contributed by atoms with Crippen LogP contribution in [0.25, 0.3) is 0 Å². The van der Waals surface area contributed by atoms with E-state index in [4.69, 9.17) is 4.74 Å². The minimum atomic E-state index is -3.80. The topological polar surface area (TPSA) is 122 Å². The average Bonchev–Trinajstić information content (AvgIpc) is 2.78. The molecule has 0 aliphatic carbocycles. The van der Waals surface area contributed by atoms with Gasteiger partial charge in [0.15, 0.2) is 6.10 Å². The van der Waals surface area contributed by atoms with E-state index >= 15 is 0 Å². The number of rotatable bonds is 5. The standard InChI is InChI=1S/C21H23N3O6S/c1-14(19(25)23-21(27)22-2)30-20(26)16-9-11-17(12-10-16)31(28,29)24-13-5-7-15-6-3-4-8-18(15)24/h3-4,6,8-12,14H,5,7,13H2,1-2H3,(H2,22,23,25,27). The molecule has 10 heteroatoms. The summed E-state index contributed by atoms with van der Waals surface area (Å²) < 4.78 is 32.7. The van der Waals surface area contributed by atoms with Crippen molar-refractivity contribution in [3.63, 3.8) is 0 Å². The normalized spacial score (nSPS) is 14.2. The second-order valence-corrected chi connectivity index (χ2v) is 8.81. The van der Waals surface area contributed by atoms with Gasteiger partial charge in [-0.3, -0.25) is 14.4 Å². The Balaban J connectivity index is 1.73. The lowest BCUT2D eigenvalue weighted by Gasteiger charge is -2.30. The third-order valence-electron chi connectivity index (χ3n) is 4.86. The molecule has 2 N–H and O–H groups in total. The number of anilines is 1. The predicted molar refractivity (Wildman–Crippen MR) is 113 cm³/mol. The number of imide groups is 1. The zero-order valence-corrected chi connectivity index (χ0v) is 17.9. The van der Waals surface area contributed by atoms with Crippen LogP contribution in [0.5, 0.6) is 0 Å². The van der Waals surface area contributed by atoms with Crippen molar-refractivity contribution in [1.82, 2.24) is 10.6 Å². The van der Waals surface area contributed by atoms with Gasteiger partial charge in [-0.1, -0.05) is 18.2 Å². The molecule has 0 aromatic heterocycles. The third-order valence-corrected chi connectivity index (χ3v) is 6.69. The van der Waals surface area contributed by atoms with Crippen molar-refractivity contribution in [2.75, 3.05) is 17.9 Å². The Hall–Kier alpha value is -3.40. The van der Waals surface area contributed by atoms with Crippen LogP contribution in [0.1, 0.15) is 29.3 Å². The molecule has 1 aliphatic heterocycles. The average molecular weight is 445 g/mol. The first-order chi connectivity index (χ1) is 14.7. The highest BCUT2D eigenvalue weighted by molar-refractivity contribution is 7.92. The minimum Gasteiger partial charge on any atom is -0.449 e. The number of carbonyl (C=O) groups is 3. The number of nitrogens with one attached hydrogen (secondary N) is 2. The third kappa shape index (κ3) is 4.85.